The van der Waals surface area contributed by atoms with E-state index in [9.17, 15) is 14.7 Å². The zero-order chi connectivity index (χ0) is 17.0. The Morgan fingerprint density at radius 3 is 2.70 bits per heavy atom. The number of hydrogen-bond donors (Lipinski definition) is 2. The SMILES string of the molecule is CC(C)(C)OC(=O)Nc1ccccc1CN1CC(CO)CC1=O. The summed E-state index contributed by atoms with van der Waals surface area (Å²) in [6.07, 6.45) is -0.149. The molecular formula is C17H24N2O4. The maximum Gasteiger partial charge on any atom is 0.412 e. The highest BCUT2D eigenvalue weighted by Gasteiger charge is 2.29. The van der Waals surface area contributed by atoms with Gasteiger partial charge in [-0.25, -0.2) is 4.79 Å². The Labute approximate surface area is 136 Å². The molecule has 6 heteroatoms. The molecule has 1 aliphatic heterocycles. The molecule has 1 saturated heterocycles. The predicted molar refractivity (Wildman–Crippen MR) is 86.9 cm³/mol. The number of carbonyl (C=O) groups excluding carboxylic acids is 2. The summed E-state index contributed by atoms with van der Waals surface area (Å²) in [5.41, 5.74) is 0.894. The third kappa shape index (κ3) is 4.96. The Kier molecular flexibility index (Phi) is 5.26. The molecule has 6 nitrogen and oxygen atoms in total. The lowest BCUT2D eigenvalue weighted by Gasteiger charge is -2.22. The van der Waals surface area contributed by atoms with Gasteiger partial charge in [0.15, 0.2) is 0 Å². The van der Waals surface area contributed by atoms with Gasteiger partial charge >= 0.3 is 6.09 Å². The standard InChI is InChI=1S/C17H24N2O4/c1-17(2,3)23-16(22)18-14-7-5-4-6-13(14)10-19-9-12(11-20)8-15(19)21/h4-7,12,20H,8-11H2,1-3H3,(H,18,22). The van der Waals surface area contributed by atoms with E-state index in [1.165, 1.54) is 0 Å². The third-order valence-electron chi connectivity index (χ3n) is 3.57. The fourth-order valence-electron chi connectivity index (χ4n) is 2.53. The van der Waals surface area contributed by atoms with Gasteiger partial charge in [-0.15, -0.1) is 0 Å². The van der Waals surface area contributed by atoms with E-state index in [2.05, 4.69) is 5.32 Å². The number of hydrogen-bond acceptors (Lipinski definition) is 4. The summed E-state index contributed by atoms with van der Waals surface area (Å²) in [5.74, 6) is 0.0181. The fourth-order valence-corrected chi connectivity index (χ4v) is 2.53. The van der Waals surface area contributed by atoms with E-state index in [1.54, 1.807) is 31.7 Å². The van der Waals surface area contributed by atoms with Crippen LogP contribution in [0.1, 0.15) is 32.8 Å². The van der Waals surface area contributed by atoms with Crippen molar-refractivity contribution in [3.63, 3.8) is 0 Å². The molecule has 1 heterocycles. The molecule has 2 rings (SSSR count). The van der Waals surface area contributed by atoms with Crippen LogP contribution in [0.3, 0.4) is 0 Å². The van der Waals surface area contributed by atoms with Crippen LogP contribution in [-0.4, -0.2) is 40.8 Å². The first kappa shape index (κ1) is 17.3. The van der Waals surface area contributed by atoms with Gasteiger partial charge in [0.05, 0.1) is 0 Å². The van der Waals surface area contributed by atoms with E-state index in [-0.39, 0.29) is 18.4 Å². The van der Waals surface area contributed by atoms with Crippen LogP contribution in [0.25, 0.3) is 0 Å². The molecule has 0 bridgehead atoms. The molecular weight excluding hydrogens is 296 g/mol. The van der Waals surface area contributed by atoms with Gasteiger partial charge in [0.25, 0.3) is 0 Å². The average Bonchev–Trinajstić information content (AvgIpc) is 2.79. The molecule has 0 radical (unpaired) electrons. The molecule has 2 amide bonds. The van der Waals surface area contributed by atoms with Crippen LogP contribution in [0.4, 0.5) is 10.5 Å². The molecule has 1 atom stereocenters. The molecule has 1 aromatic rings. The van der Waals surface area contributed by atoms with Crippen LogP contribution in [0, 0.1) is 5.92 Å². The zero-order valence-electron chi connectivity index (χ0n) is 13.8. The zero-order valence-corrected chi connectivity index (χ0v) is 13.8. The van der Waals surface area contributed by atoms with Crippen LogP contribution in [-0.2, 0) is 16.1 Å². The lowest BCUT2D eigenvalue weighted by molar-refractivity contribution is -0.128. The Morgan fingerprint density at radius 1 is 1.39 bits per heavy atom. The minimum Gasteiger partial charge on any atom is -0.444 e. The summed E-state index contributed by atoms with van der Waals surface area (Å²) < 4.78 is 5.26. The van der Waals surface area contributed by atoms with Gasteiger partial charge in [-0.05, 0) is 32.4 Å². The molecule has 1 unspecified atom stereocenters. The Bertz CT molecular complexity index is 580. The molecule has 1 fully saturated rings. The number of aliphatic hydroxyl groups is 1. The van der Waals surface area contributed by atoms with Gasteiger partial charge in [0, 0.05) is 37.7 Å². The number of carbonyl (C=O) groups is 2. The summed E-state index contributed by atoms with van der Waals surface area (Å²) in [4.78, 5) is 25.6. The van der Waals surface area contributed by atoms with Gasteiger partial charge < -0.3 is 14.7 Å². The van der Waals surface area contributed by atoms with E-state index in [0.717, 1.165) is 5.56 Å². The van der Waals surface area contributed by atoms with Crippen molar-refractivity contribution in [1.29, 1.82) is 0 Å². The van der Waals surface area contributed by atoms with Crippen molar-refractivity contribution in [3.05, 3.63) is 29.8 Å². The van der Waals surface area contributed by atoms with Crippen LogP contribution in [0.15, 0.2) is 24.3 Å². The van der Waals surface area contributed by atoms with Crippen LogP contribution in [0.2, 0.25) is 0 Å². The minimum atomic E-state index is -0.571. The number of nitrogens with one attached hydrogen (secondary N) is 1. The first-order valence-electron chi connectivity index (χ1n) is 7.75. The van der Waals surface area contributed by atoms with Crippen LogP contribution >= 0.6 is 0 Å². The third-order valence-corrected chi connectivity index (χ3v) is 3.57. The Balaban J connectivity index is 2.06. The molecule has 126 valence electrons. The van der Waals surface area contributed by atoms with E-state index in [0.29, 0.717) is 25.2 Å². The average molecular weight is 320 g/mol. The Hall–Kier alpha value is -2.08. The van der Waals surface area contributed by atoms with Gasteiger partial charge in [0.1, 0.15) is 5.60 Å². The lowest BCUT2D eigenvalue weighted by Crippen LogP contribution is -2.28. The monoisotopic (exact) mass is 320 g/mol. The molecule has 1 aliphatic rings. The highest BCUT2D eigenvalue weighted by atomic mass is 16.6. The fraction of sp³-hybridized carbons (Fsp3) is 0.529. The smallest absolute Gasteiger partial charge is 0.412 e. The number of benzene rings is 1. The number of amides is 2. The number of para-hydroxylation sites is 1. The van der Waals surface area contributed by atoms with Crippen molar-refractivity contribution in [2.45, 2.75) is 39.3 Å². The number of ether oxygens (including phenoxy) is 1. The molecule has 2 N–H and O–H groups in total. The maximum atomic E-state index is 12.0. The minimum absolute atomic E-state index is 0.00604. The topological polar surface area (TPSA) is 78.9 Å². The predicted octanol–water partition coefficient (Wildman–Crippen LogP) is 2.37. The van der Waals surface area contributed by atoms with Gasteiger partial charge in [0.2, 0.25) is 5.91 Å². The molecule has 0 aromatic heterocycles. The summed E-state index contributed by atoms with van der Waals surface area (Å²) in [6.45, 7) is 6.36. The lowest BCUT2D eigenvalue weighted by atomic mass is 10.1. The molecule has 0 saturated carbocycles. The van der Waals surface area contributed by atoms with Crippen molar-refractivity contribution in [2.24, 2.45) is 5.92 Å². The number of aliphatic hydroxyl groups excluding tert-OH is 1. The van der Waals surface area contributed by atoms with Gasteiger partial charge in [-0.3, -0.25) is 10.1 Å². The molecule has 0 aliphatic carbocycles. The Morgan fingerprint density at radius 2 is 2.09 bits per heavy atom. The highest BCUT2D eigenvalue weighted by Crippen LogP contribution is 2.23. The summed E-state index contributed by atoms with van der Waals surface area (Å²) in [5, 5.41) is 11.9. The normalized spacial score (nSPS) is 18.2. The molecule has 1 aromatic carbocycles. The largest absolute Gasteiger partial charge is 0.444 e. The summed E-state index contributed by atoms with van der Waals surface area (Å²) >= 11 is 0. The molecule has 0 spiro atoms. The number of likely N-dealkylation sites (tertiary alicyclic amines) is 1. The van der Waals surface area contributed by atoms with E-state index in [4.69, 9.17) is 4.74 Å². The quantitative estimate of drug-likeness (QED) is 0.893. The van der Waals surface area contributed by atoms with Crippen LogP contribution in [0.5, 0.6) is 0 Å². The van der Waals surface area contributed by atoms with Crippen molar-refractivity contribution in [1.82, 2.24) is 4.90 Å². The van der Waals surface area contributed by atoms with Crippen molar-refractivity contribution in [3.8, 4) is 0 Å². The second-order valence-electron chi connectivity index (χ2n) is 6.81. The van der Waals surface area contributed by atoms with Crippen molar-refractivity contribution in [2.75, 3.05) is 18.5 Å². The van der Waals surface area contributed by atoms with Crippen molar-refractivity contribution < 1.29 is 19.4 Å². The van der Waals surface area contributed by atoms with E-state index in [1.807, 2.05) is 18.2 Å². The number of anilines is 1. The summed E-state index contributed by atoms with van der Waals surface area (Å²) in [7, 11) is 0. The maximum absolute atomic E-state index is 12.0. The summed E-state index contributed by atoms with van der Waals surface area (Å²) in [6, 6.07) is 7.33. The number of rotatable bonds is 4. The highest BCUT2D eigenvalue weighted by molar-refractivity contribution is 5.86. The second-order valence-corrected chi connectivity index (χ2v) is 6.81. The molecule has 23 heavy (non-hydrogen) atoms. The first-order valence-corrected chi connectivity index (χ1v) is 7.75. The van der Waals surface area contributed by atoms with E-state index < -0.39 is 11.7 Å². The van der Waals surface area contributed by atoms with E-state index >= 15 is 0 Å². The van der Waals surface area contributed by atoms with Crippen LogP contribution < -0.4 is 5.32 Å². The second kappa shape index (κ2) is 7.00. The van der Waals surface area contributed by atoms with Gasteiger partial charge in [-0.1, -0.05) is 18.2 Å². The van der Waals surface area contributed by atoms with Gasteiger partial charge in [-0.2, -0.15) is 0 Å². The first-order chi connectivity index (χ1) is 10.8. The number of nitrogens with zero attached hydrogens (tertiary/aromatic N) is 1. The van der Waals surface area contributed by atoms with Crippen molar-refractivity contribution >= 4 is 17.7 Å².